The van der Waals surface area contributed by atoms with Gasteiger partial charge < -0.3 is 0 Å². The Labute approximate surface area is 95.8 Å². The molecule has 1 atom stereocenters. The Hall–Kier alpha value is -0.820. The molecule has 82 valence electrons. The van der Waals surface area contributed by atoms with Gasteiger partial charge in [0.1, 0.15) is 5.82 Å². The van der Waals surface area contributed by atoms with Crippen molar-refractivity contribution in [1.82, 2.24) is 0 Å². The molecule has 1 aromatic rings. The Bertz CT molecular complexity index is 360. The smallest absolute Gasteiger partial charge is 0.123 e. The lowest BCUT2D eigenvalue weighted by Crippen LogP contribution is -2.19. The van der Waals surface area contributed by atoms with E-state index in [4.69, 9.17) is 11.6 Å². The number of aryl methyl sites for hydroxylation is 1. The number of alkyl halides is 1. The van der Waals surface area contributed by atoms with Gasteiger partial charge in [-0.2, -0.15) is 0 Å². The average Bonchev–Trinajstić information content (AvgIpc) is 2.23. The molecule has 0 amide bonds. The minimum Gasteiger partial charge on any atom is -0.207 e. The van der Waals surface area contributed by atoms with Crippen LogP contribution in [0.3, 0.4) is 0 Å². The van der Waals surface area contributed by atoms with Crippen molar-refractivity contribution in [2.24, 2.45) is 5.41 Å². The molecule has 0 saturated heterocycles. The Kier molecular flexibility index (Phi) is 3.92. The van der Waals surface area contributed by atoms with Crippen molar-refractivity contribution in [2.75, 3.05) is 5.88 Å². The van der Waals surface area contributed by atoms with Crippen molar-refractivity contribution in [2.45, 2.75) is 20.3 Å². The van der Waals surface area contributed by atoms with Crippen molar-refractivity contribution in [3.8, 4) is 0 Å². The lowest BCUT2D eigenvalue weighted by atomic mass is 9.84. The molecular formula is C13H16ClF. The number of allylic oxidation sites excluding steroid dienone is 1. The second kappa shape index (κ2) is 4.80. The molecular weight excluding hydrogens is 211 g/mol. The maximum absolute atomic E-state index is 13.1. The molecule has 0 bridgehead atoms. The van der Waals surface area contributed by atoms with Gasteiger partial charge in [0.2, 0.25) is 0 Å². The van der Waals surface area contributed by atoms with Crippen LogP contribution in [0.5, 0.6) is 0 Å². The number of hydrogen-bond donors (Lipinski definition) is 0. The highest BCUT2D eigenvalue weighted by atomic mass is 35.5. The van der Waals surface area contributed by atoms with Gasteiger partial charge in [-0.25, -0.2) is 4.39 Å². The highest BCUT2D eigenvalue weighted by molar-refractivity contribution is 6.18. The van der Waals surface area contributed by atoms with E-state index in [-0.39, 0.29) is 11.2 Å². The molecule has 0 saturated carbocycles. The first-order valence-corrected chi connectivity index (χ1v) is 5.49. The van der Waals surface area contributed by atoms with Crippen molar-refractivity contribution in [3.05, 3.63) is 47.8 Å². The zero-order valence-electron chi connectivity index (χ0n) is 9.19. The lowest BCUT2D eigenvalue weighted by molar-refractivity contribution is 0.483. The second-order valence-electron chi connectivity index (χ2n) is 4.24. The van der Waals surface area contributed by atoms with E-state index in [1.807, 2.05) is 19.9 Å². The van der Waals surface area contributed by atoms with Gasteiger partial charge in [-0.1, -0.05) is 19.1 Å². The summed E-state index contributed by atoms with van der Waals surface area (Å²) in [5.74, 6) is 0.295. The molecule has 0 N–H and O–H groups in total. The first-order valence-electron chi connectivity index (χ1n) is 4.95. The fourth-order valence-electron chi connectivity index (χ4n) is 1.44. The lowest BCUT2D eigenvalue weighted by Gasteiger charge is -2.23. The van der Waals surface area contributed by atoms with Gasteiger partial charge in [-0.15, -0.1) is 18.2 Å². The molecule has 1 unspecified atom stereocenters. The largest absolute Gasteiger partial charge is 0.207 e. The van der Waals surface area contributed by atoms with E-state index in [2.05, 4.69) is 6.58 Å². The normalized spacial score (nSPS) is 14.7. The van der Waals surface area contributed by atoms with E-state index < -0.39 is 0 Å². The number of rotatable bonds is 4. The standard InChI is InChI=1S/C13H16ClF/c1-4-13(3,9-14)8-11-7-12(15)6-5-10(11)2/h4-7H,1,8-9H2,2-3H3. The predicted molar refractivity (Wildman–Crippen MR) is 63.9 cm³/mol. The first kappa shape index (κ1) is 12.3. The third-order valence-corrected chi connectivity index (χ3v) is 3.31. The minimum atomic E-state index is -0.198. The van der Waals surface area contributed by atoms with Crippen molar-refractivity contribution < 1.29 is 4.39 Å². The Morgan fingerprint density at radius 3 is 2.73 bits per heavy atom. The van der Waals surface area contributed by atoms with Gasteiger partial charge in [0, 0.05) is 11.3 Å². The third-order valence-electron chi connectivity index (χ3n) is 2.70. The van der Waals surface area contributed by atoms with E-state index in [1.165, 1.54) is 6.07 Å². The fraction of sp³-hybridized carbons (Fsp3) is 0.385. The molecule has 0 heterocycles. The Morgan fingerprint density at radius 2 is 2.20 bits per heavy atom. The van der Waals surface area contributed by atoms with Crippen molar-refractivity contribution in [1.29, 1.82) is 0 Å². The van der Waals surface area contributed by atoms with Crippen LogP contribution in [0.1, 0.15) is 18.1 Å². The number of benzene rings is 1. The van der Waals surface area contributed by atoms with Gasteiger partial charge >= 0.3 is 0 Å². The topological polar surface area (TPSA) is 0 Å². The predicted octanol–water partition coefficient (Wildman–Crippen LogP) is 4.11. The first-order chi connectivity index (χ1) is 7.00. The summed E-state index contributed by atoms with van der Waals surface area (Å²) in [6, 6.07) is 4.84. The van der Waals surface area contributed by atoms with Crippen LogP contribution in [0.25, 0.3) is 0 Å². The molecule has 1 aromatic carbocycles. The quantitative estimate of drug-likeness (QED) is 0.536. The van der Waals surface area contributed by atoms with Crippen LogP contribution in [0.15, 0.2) is 30.9 Å². The van der Waals surface area contributed by atoms with Crippen LogP contribution in [-0.4, -0.2) is 5.88 Å². The monoisotopic (exact) mass is 226 g/mol. The van der Waals surface area contributed by atoms with E-state index in [9.17, 15) is 4.39 Å². The van der Waals surface area contributed by atoms with E-state index in [0.29, 0.717) is 5.88 Å². The molecule has 0 nitrogen and oxygen atoms in total. The molecule has 0 radical (unpaired) electrons. The zero-order valence-corrected chi connectivity index (χ0v) is 9.94. The van der Waals surface area contributed by atoms with Gasteiger partial charge in [0.15, 0.2) is 0 Å². The highest BCUT2D eigenvalue weighted by Crippen LogP contribution is 2.27. The summed E-state index contributed by atoms with van der Waals surface area (Å²) in [4.78, 5) is 0. The van der Waals surface area contributed by atoms with Crippen LogP contribution in [0.4, 0.5) is 4.39 Å². The number of halogens is 2. The van der Waals surface area contributed by atoms with Crippen LogP contribution >= 0.6 is 11.6 Å². The Balaban J connectivity index is 2.97. The van der Waals surface area contributed by atoms with Crippen LogP contribution in [-0.2, 0) is 6.42 Å². The minimum absolute atomic E-state index is 0.167. The average molecular weight is 227 g/mol. The summed E-state index contributed by atoms with van der Waals surface area (Å²) in [5, 5.41) is 0. The summed E-state index contributed by atoms with van der Waals surface area (Å²) in [6.45, 7) is 7.78. The molecule has 15 heavy (non-hydrogen) atoms. The molecule has 0 aromatic heterocycles. The molecule has 1 rings (SSSR count). The van der Waals surface area contributed by atoms with E-state index in [1.54, 1.807) is 12.1 Å². The molecule has 0 fully saturated rings. The Morgan fingerprint density at radius 1 is 1.53 bits per heavy atom. The third kappa shape index (κ3) is 3.07. The number of hydrogen-bond acceptors (Lipinski definition) is 0. The molecule has 0 aliphatic heterocycles. The second-order valence-corrected chi connectivity index (χ2v) is 4.51. The summed E-state index contributed by atoms with van der Waals surface area (Å²) >= 11 is 5.89. The molecule has 0 aliphatic carbocycles. The van der Waals surface area contributed by atoms with Crippen molar-refractivity contribution >= 4 is 11.6 Å². The molecule has 2 heteroatoms. The maximum atomic E-state index is 13.1. The zero-order chi connectivity index (χ0) is 11.5. The van der Waals surface area contributed by atoms with Crippen LogP contribution < -0.4 is 0 Å². The molecule has 0 aliphatic rings. The van der Waals surface area contributed by atoms with E-state index in [0.717, 1.165) is 17.5 Å². The van der Waals surface area contributed by atoms with E-state index >= 15 is 0 Å². The SMILES string of the molecule is C=CC(C)(CCl)Cc1cc(F)ccc1C. The maximum Gasteiger partial charge on any atom is 0.123 e. The fourth-order valence-corrected chi connectivity index (χ4v) is 1.64. The van der Waals surface area contributed by atoms with Gasteiger partial charge in [0.05, 0.1) is 0 Å². The summed E-state index contributed by atoms with van der Waals surface area (Å²) < 4.78 is 13.1. The van der Waals surface area contributed by atoms with Crippen LogP contribution in [0, 0.1) is 18.2 Å². The summed E-state index contributed by atoms with van der Waals surface area (Å²) in [6.07, 6.45) is 2.56. The van der Waals surface area contributed by atoms with Gasteiger partial charge in [0.25, 0.3) is 0 Å². The highest BCUT2D eigenvalue weighted by Gasteiger charge is 2.20. The summed E-state index contributed by atoms with van der Waals surface area (Å²) in [7, 11) is 0. The van der Waals surface area contributed by atoms with Crippen molar-refractivity contribution in [3.63, 3.8) is 0 Å². The molecule has 0 spiro atoms. The van der Waals surface area contributed by atoms with Gasteiger partial charge in [-0.3, -0.25) is 0 Å². The summed E-state index contributed by atoms with van der Waals surface area (Å²) in [5.41, 5.74) is 1.92. The van der Waals surface area contributed by atoms with Gasteiger partial charge in [-0.05, 0) is 36.6 Å². The van der Waals surface area contributed by atoms with Crippen LogP contribution in [0.2, 0.25) is 0 Å².